The Bertz CT molecular complexity index is 475. The molecule has 0 N–H and O–H groups in total. The van der Waals surface area contributed by atoms with Crippen molar-refractivity contribution >= 4 is 14.1 Å². The largest absolute Gasteiger partial charge is 0.494 e. The van der Waals surface area contributed by atoms with E-state index in [1.807, 2.05) is 23.1 Å². The van der Waals surface area contributed by atoms with Crippen LogP contribution >= 0.6 is 0 Å². The van der Waals surface area contributed by atoms with Gasteiger partial charge in [0.25, 0.3) is 0 Å². The Labute approximate surface area is 85.6 Å². The van der Waals surface area contributed by atoms with Crippen molar-refractivity contribution in [2.24, 2.45) is 0 Å². The van der Waals surface area contributed by atoms with E-state index in [0.29, 0.717) is 10.0 Å². The maximum atomic E-state index is 8.81. The molecule has 0 aromatic rings. The quantitative estimate of drug-likeness (QED) is 0.535. The van der Waals surface area contributed by atoms with Gasteiger partial charge in [0, 0.05) is 10.4 Å². The maximum Gasteiger partial charge on any atom is 0.494 e. The van der Waals surface area contributed by atoms with Gasteiger partial charge < -0.3 is 0 Å². The van der Waals surface area contributed by atoms with Crippen molar-refractivity contribution in [2.75, 3.05) is 0 Å². The van der Waals surface area contributed by atoms with Crippen LogP contribution in [0, 0.1) is 44.2 Å². The fraction of sp³-hybridized carbons (Fsp3) is 0.111. The zero-order valence-corrected chi connectivity index (χ0v) is 8.25. The van der Waals surface area contributed by atoms with Crippen molar-refractivity contribution in [3.63, 3.8) is 0 Å². The summed E-state index contributed by atoms with van der Waals surface area (Å²) < 4.78 is -0.243. The van der Waals surface area contributed by atoms with E-state index in [-0.39, 0.29) is 0 Å². The van der Waals surface area contributed by atoms with Crippen LogP contribution in [0.4, 0.5) is 0 Å². The lowest BCUT2D eigenvalue weighted by molar-refractivity contribution is 1.27. The highest BCUT2D eigenvalue weighted by Crippen LogP contribution is 2.24. The Morgan fingerprint density at radius 3 is 2.29 bits per heavy atom. The number of nitriles is 4. The molecule has 1 aliphatic heterocycles. The minimum atomic E-state index is -2.17. The van der Waals surface area contributed by atoms with E-state index in [0.717, 1.165) is 0 Å². The van der Waals surface area contributed by atoms with Gasteiger partial charge in [0.1, 0.15) is 0 Å². The molecule has 14 heavy (non-hydrogen) atoms. The molecule has 1 heterocycles. The molecule has 1 unspecified atom stereocenters. The van der Waals surface area contributed by atoms with Crippen LogP contribution in [0.15, 0.2) is 22.2 Å². The van der Waals surface area contributed by atoms with Gasteiger partial charge in [-0.3, -0.25) is 0 Å². The molecule has 0 amide bonds. The van der Waals surface area contributed by atoms with Gasteiger partial charge in [0.05, 0.1) is 18.2 Å². The van der Waals surface area contributed by atoms with Gasteiger partial charge >= 0.3 is 14.1 Å². The van der Waals surface area contributed by atoms with E-state index in [4.69, 9.17) is 21.0 Å². The van der Waals surface area contributed by atoms with Crippen molar-refractivity contribution in [3.05, 3.63) is 22.2 Å². The Kier molecular flexibility index (Phi) is 3.07. The van der Waals surface area contributed by atoms with Gasteiger partial charge in [-0.25, -0.2) is 5.26 Å². The zero-order chi connectivity index (χ0) is 10.6. The van der Waals surface area contributed by atoms with Crippen molar-refractivity contribution in [3.8, 4) is 23.1 Å². The van der Waals surface area contributed by atoms with Gasteiger partial charge in [-0.05, 0) is 15.4 Å². The topological polar surface area (TPSA) is 95.2 Å². The third-order valence-electron chi connectivity index (χ3n) is 1.91. The molecule has 0 aromatic heterocycles. The van der Waals surface area contributed by atoms with Gasteiger partial charge in [-0.1, -0.05) is 6.08 Å². The molecule has 0 saturated heterocycles. The van der Waals surface area contributed by atoms with Crippen LogP contribution in [0.2, 0.25) is 4.78 Å². The fourth-order valence-electron chi connectivity index (χ4n) is 1.22. The first kappa shape index (κ1) is 10.1. The van der Waals surface area contributed by atoms with Crippen LogP contribution in [0.1, 0.15) is 0 Å². The summed E-state index contributed by atoms with van der Waals surface area (Å²) >= 11 is -2.17. The van der Waals surface area contributed by atoms with Gasteiger partial charge in [-0.2, -0.15) is 15.8 Å². The Balaban J connectivity index is 3.21. The number of hydrogen-bond donors (Lipinski definition) is 0. The fourth-order valence-corrected chi connectivity index (χ4v) is 2.96. The summed E-state index contributed by atoms with van der Waals surface area (Å²) in [7, 11) is 0. The summed E-state index contributed by atoms with van der Waals surface area (Å²) in [6, 6.07) is 5.72. The molecule has 0 radical (unpaired) electrons. The Hall–Kier alpha value is -2.03. The molecule has 0 bridgehead atoms. The lowest BCUT2D eigenvalue weighted by atomic mass is 10.2. The number of allylic oxidation sites excluding steroid dienone is 4. The standard InChI is InChI=1S/C8H3N3.CN.Al/c9-5-1-3-8(7-11)4-2-6-10;1-2;/h1,3-4H;;. The van der Waals surface area contributed by atoms with E-state index in [2.05, 4.69) is 0 Å². The van der Waals surface area contributed by atoms with Crippen LogP contribution in [0.5, 0.6) is 0 Å². The first-order valence-electron chi connectivity index (χ1n) is 3.79. The van der Waals surface area contributed by atoms with Crippen LogP contribution in [0.25, 0.3) is 0 Å². The third-order valence-corrected chi connectivity index (χ3v) is 4.21. The summed E-state index contributed by atoms with van der Waals surface area (Å²) in [5, 5.41) is 34.9. The number of rotatable bonds is 0. The molecule has 62 valence electrons. The first-order chi connectivity index (χ1) is 6.76. The molecule has 0 spiro atoms. The molecule has 1 rings (SSSR count). The average molecular weight is 194 g/mol. The number of nitrogens with zero attached hydrogens (tertiary/aromatic N) is 4. The lowest BCUT2D eigenvalue weighted by Crippen LogP contribution is -2.22. The normalized spacial score (nSPS) is 19.1. The second-order valence-corrected chi connectivity index (χ2v) is 5.26. The van der Waals surface area contributed by atoms with Crippen molar-refractivity contribution in [1.29, 1.82) is 21.0 Å². The summed E-state index contributed by atoms with van der Waals surface area (Å²) in [4.78, 5) is 2.02. The molecule has 0 aromatic carbocycles. The Morgan fingerprint density at radius 2 is 1.86 bits per heavy atom. The Morgan fingerprint density at radius 1 is 1.14 bits per heavy atom. The lowest BCUT2D eigenvalue weighted by Gasteiger charge is -2.10. The molecule has 5 heteroatoms. The highest BCUT2D eigenvalue weighted by molar-refractivity contribution is 6.78. The molecule has 0 saturated carbocycles. The second kappa shape index (κ2) is 4.28. The minimum Gasteiger partial charge on any atom is -0.225 e. The maximum absolute atomic E-state index is 8.81. The highest BCUT2D eigenvalue weighted by Gasteiger charge is 2.36. The van der Waals surface area contributed by atoms with Gasteiger partial charge in [0.2, 0.25) is 0 Å². The predicted octanol–water partition coefficient (Wildman–Crippen LogP) is 0.891. The number of hydrogen-bond acceptors (Lipinski definition) is 4. The molecule has 0 fully saturated rings. The van der Waals surface area contributed by atoms with E-state index in [1.54, 1.807) is 0 Å². The summed E-state index contributed by atoms with van der Waals surface area (Å²) in [6.07, 6.45) is 2.88. The average Bonchev–Trinajstić information content (AvgIpc) is 2.26. The first-order valence-corrected chi connectivity index (χ1v) is 5.61. The third kappa shape index (κ3) is 1.66. The van der Waals surface area contributed by atoms with Crippen LogP contribution in [0.3, 0.4) is 0 Å². The van der Waals surface area contributed by atoms with Crippen molar-refractivity contribution < 1.29 is 0 Å². The molecular weight excluding hydrogens is 191 g/mol. The van der Waals surface area contributed by atoms with E-state index in [1.165, 1.54) is 12.2 Å². The molecule has 4 nitrogen and oxygen atoms in total. The SMILES string of the molecule is N#CC1=C[CH](C#N)[Al]([C]#N)[C](C#N)=C1. The van der Waals surface area contributed by atoms with Crippen LogP contribution in [-0.2, 0) is 0 Å². The molecule has 0 aliphatic carbocycles. The molecule has 1 atom stereocenters. The van der Waals surface area contributed by atoms with Gasteiger partial charge in [-0.15, -0.1) is 0 Å². The smallest absolute Gasteiger partial charge is 0.225 e. The van der Waals surface area contributed by atoms with Gasteiger partial charge in [0.15, 0.2) is 0 Å². The molecular formula is C9H3AlN4. The minimum absolute atomic E-state index is 0.298. The van der Waals surface area contributed by atoms with E-state index in [9.17, 15) is 0 Å². The van der Waals surface area contributed by atoms with Crippen molar-refractivity contribution in [2.45, 2.75) is 4.78 Å². The van der Waals surface area contributed by atoms with E-state index >= 15 is 0 Å². The zero-order valence-electron chi connectivity index (χ0n) is 7.10. The van der Waals surface area contributed by atoms with Crippen molar-refractivity contribution in [1.82, 2.24) is 0 Å². The summed E-state index contributed by atoms with van der Waals surface area (Å²) in [6.45, 7) is 0. The monoisotopic (exact) mass is 194 g/mol. The highest BCUT2D eigenvalue weighted by atomic mass is 27.2. The van der Waals surface area contributed by atoms with Crippen LogP contribution in [-0.4, -0.2) is 14.1 Å². The van der Waals surface area contributed by atoms with E-state index < -0.39 is 18.9 Å². The second-order valence-electron chi connectivity index (χ2n) is 2.71. The molecule has 1 aliphatic rings. The summed E-state index contributed by atoms with van der Waals surface area (Å²) in [5.74, 6) is 0. The summed E-state index contributed by atoms with van der Waals surface area (Å²) in [5.41, 5.74) is 0.298. The van der Waals surface area contributed by atoms with Crippen LogP contribution < -0.4 is 0 Å². The predicted molar refractivity (Wildman–Crippen MR) is 48.1 cm³/mol.